The Morgan fingerprint density at radius 3 is 2.56 bits per heavy atom. The highest BCUT2D eigenvalue weighted by molar-refractivity contribution is 6.03. The van der Waals surface area contributed by atoms with Gasteiger partial charge in [-0.2, -0.15) is 0 Å². The number of nitrogens with zero attached hydrogens (tertiary/aromatic N) is 2. The number of unbranched alkanes of at least 4 members (excludes halogenated alkanes) is 1. The van der Waals surface area contributed by atoms with Crippen LogP contribution >= 0.6 is 0 Å². The molecular formula is C18H24N4O3. The zero-order valence-corrected chi connectivity index (χ0v) is 15.0. The summed E-state index contributed by atoms with van der Waals surface area (Å²) in [6.45, 7) is 4.72. The maximum absolute atomic E-state index is 12.5. The predicted octanol–water partition coefficient (Wildman–Crippen LogP) is 3.27. The third-order valence-electron chi connectivity index (χ3n) is 3.54. The number of ether oxygens (including phenoxy) is 2. The number of carbonyl (C=O) groups is 1. The number of aromatic nitrogens is 2. The molecule has 1 aromatic heterocycles. The minimum absolute atomic E-state index is 0.307. The summed E-state index contributed by atoms with van der Waals surface area (Å²) in [5.74, 6) is 1.30. The van der Waals surface area contributed by atoms with E-state index in [4.69, 9.17) is 9.47 Å². The summed E-state index contributed by atoms with van der Waals surface area (Å²) in [4.78, 5) is 21.1. The van der Waals surface area contributed by atoms with Crippen LogP contribution in [0.4, 0.5) is 11.6 Å². The molecule has 0 bridgehead atoms. The van der Waals surface area contributed by atoms with Crippen molar-refractivity contribution in [3.05, 3.63) is 35.7 Å². The maximum atomic E-state index is 12.5. The fourth-order valence-corrected chi connectivity index (χ4v) is 2.25. The van der Waals surface area contributed by atoms with Gasteiger partial charge in [0.15, 0.2) is 11.5 Å². The van der Waals surface area contributed by atoms with Gasteiger partial charge in [0.1, 0.15) is 5.69 Å². The zero-order chi connectivity index (χ0) is 18.2. The van der Waals surface area contributed by atoms with Crippen LogP contribution < -0.4 is 20.1 Å². The molecule has 0 aliphatic heterocycles. The number of benzene rings is 1. The number of hydrogen-bond acceptors (Lipinski definition) is 6. The molecule has 2 N–H and O–H groups in total. The average molecular weight is 344 g/mol. The molecule has 1 heterocycles. The van der Waals surface area contributed by atoms with Crippen LogP contribution in [0.5, 0.6) is 11.5 Å². The summed E-state index contributed by atoms with van der Waals surface area (Å²) in [6.07, 6.45) is 2.09. The number of methoxy groups -OCH3 is 2. The lowest BCUT2D eigenvalue weighted by atomic mass is 10.2. The van der Waals surface area contributed by atoms with Crippen molar-refractivity contribution in [2.24, 2.45) is 0 Å². The van der Waals surface area contributed by atoms with E-state index >= 15 is 0 Å². The van der Waals surface area contributed by atoms with Crippen molar-refractivity contribution in [1.29, 1.82) is 0 Å². The first kappa shape index (κ1) is 18.5. The molecule has 0 radical (unpaired) electrons. The Bertz CT molecular complexity index is 734. The van der Waals surface area contributed by atoms with Crippen molar-refractivity contribution < 1.29 is 14.3 Å². The Labute approximate surface area is 147 Å². The number of carbonyl (C=O) groups excluding carboxylic acids is 1. The third-order valence-corrected chi connectivity index (χ3v) is 3.54. The van der Waals surface area contributed by atoms with Crippen LogP contribution in [0.3, 0.4) is 0 Å². The fraction of sp³-hybridized carbons (Fsp3) is 0.389. The Kier molecular flexibility index (Phi) is 6.56. The van der Waals surface area contributed by atoms with Gasteiger partial charge in [0.25, 0.3) is 5.91 Å². The van der Waals surface area contributed by atoms with Gasteiger partial charge in [0, 0.05) is 24.0 Å². The van der Waals surface area contributed by atoms with Crippen molar-refractivity contribution in [2.45, 2.75) is 26.7 Å². The zero-order valence-electron chi connectivity index (χ0n) is 15.0. The molecule has 7 nitrogen and oxygen atoms in total. The number of rotatable bonds is 8. The van der Waals surface area contributed by atoms with E-state index in [2.05, 4.69) is 27.5 Å². The van der Waals surface area contributed by atoms with Crippen molar-refractivity contribution in [3.63, 3.8) is 0 Å². The fourth-order valence-electron chi connectivity index (χ4n) is 2.25. The number of nitrogens with one attached hydrogen (secondary N) is 2. The lowest BCUT2D eigenvalue weighted by molar-refractivity contribution is 0.102. The molecule has 2 rings (SSSR count). The van der Waals surface area contributed by atoms with E-state index in [9.17, 15) is 4.79 Å². The van der Waals surface area contributed by atoms with Gasteiger partial charge in [-0.1, -0.05) is 13.3 Å². The molecular weight excluding hydrogens is 320 g/mol. The van der Waals surface area contributed by atoms with Crippen LogP contribution in [-0.4, -0.2) is 36.6 Å². The number of amides is 1. The van der Waals surface area contributed by atoms with Crippen molar-refractivity contribution in [3.8, 4) is 11.5 Å². The smallest absolute Gasteiger partial charge is 0.274 e. The predicted molar refractivity (Wildman–Crippen MR) is 97.7 cm³/mol. The van der Waals surface area contributed by atoms with Crippen molar-refractivity contribution in [2.75, 3.05) is 31.4 Å². The maximum Gasteiger partial charge on any atom is 0.274 e. The van der Waals surface area contributed by atoms with Gasteiger partial charge >= 0.3 is 0 Å². The molecule has 1 amide bonds. The summed E-state index contributed by atoms with van der Waals surface area (Å²) in [6, 6.07) is 6.83. The summed E-state index contributed by atoms with van der Waals surface area (Å²) in [5, 5.41) is 5.95. The van der Waals surface area contributed by atoms with Crippen LogP contribution in [0.25, 0.3) is 0 Å². The molecule has 25 heavy (non-hydrogen) atoms. The number of aryl methyl sites for hydroxylation is 1. The molecule has 1 aromatic carbocycles. The normalized spacial score (nSPS) is 10.2. The molecule has 0 aliphatic rings. The highest BCUT2D eigenvalue weighted by Gasteiger charge is 2.12. The summed E-state index contributed by atoms with van der Waals surface area (Å²) < 4.78 is 10.4. The Morgan fingerprint density at radius 2 is 1.88 bits per heavy atom. The SMILES string of the molecule is CCCCNc1nc(C)cc(C(=O)Nc2ccc(OC)c(OC)c2)n1. The highest BCUT2D eigenvalue weighted by atomic mass is 16.5. The van der Waals surface area contributed by atoms with Gasteiger partial charge in [-0.3, -0.25) is 4.79 Å². The van der Waals surface area contributed by atoms with E-state index < -0.39 is 0 Å². The van der Waals surface area contributed by atoms with Crippen LogP contribution in [-0.2, 0) is 0 Å². The molecule has 7 heteroatoms. The van der Waals surface area contributed by atoms with Crippen LogP contribution in [0, 0.1) is 6.92 Å². The topological polar surface area (TPSA) is 85.4 Å². The van der Waals surface area contributed by atoms with E-state index in [0.29, 0.717) is 28.8 Å². The van der Waals surface area contributed by atoms with Gasteiger partial charge in [-0.05, 0) is 31.5 Å². The van der Waals surface area contributed by atoms with Crippen molar-refractivity contribution >= 4 is 17.5 Å². The first-order valence-corrected chi connectivity index (χ1v) is 8.20. The molecule has 0 aliphatic carbocycles. The Hall–Kier alpha value is -2.83. The number of anilines is 2. The molecule has 0 saturated carbocycles. The molecule has 0 saturated heterocycles. The van der Waals surface area contributed by atoms with E-state index in [1.165, 1.54) is 0 Å². The summed E-state index contributed by atoms with van der Waals surface area (Å²) >= 11 is 0. The van der Waals surface area contributed by atoms with Crippen molar-refractivity contribution in [1.82, 2.24) is 9.97 Å². The Morgan fingerprint density at radius 1 is 1.12 bits per heavy atom. The minimum Gasteiger partial charge on any atom is -0.493 e. The van der Waals surface area contributed by atoms with Gasteiger partial charge < -0.3 is 20.1 Å². The molecule has 0 fully saturated rings. The quantitative estimate of drug-likeness (QED) is 0.715. The van der Waals surface area contributed by atoms with Gasteiger partial charge in [-0.15, -0.1) is 0 Å². The van der Waals surface area contributed by atoms with Crippen LogP contribution in [0.1, 0.15) is 35.9 Å². The lowest BCUT2D eigenvalue weighted by Gasteiger charge is -2.11. The first-order valence-electron chi connectivity index (χ1n) is 8.20. The molecule has 2 aromatic rings. The molecule has 0 unspecified atom stereocenters. The Balaban J connectivity index is 2.15. The third kappa shape index (κ3) is 5.07. The summed E-state index contributed by atoms with van der Waals surface area (Å²) in [7, 11) is 3.11. The minimum atomic E-state index is -0.309. The highest BCUT2D eigenvalue weighted by Crippen LogP contribution is 2.29. The van der Waals surface area contributed by atoms with E-state index in [-0.39, 0.29) is 5.91 Å². The van der Waals surface area contributed by atoms with E-state index in [1.54, 1.807) is 38.5 Å². The monoisotopic (exact) mass is 344 g/mol. The standard InChI is InChI=1S/C18H24N4O3/c1-5-6-9-19-18-20-12(2)10-14(22-18)17(23)21-13-7-8-15(24-3)16(11-13)25-4/h7-8,10-11H,5-6,9H2,1-4H3,(H,21,23)(H,19,20,22). The molecule has 134 valence electrons. The molecule has 0 atom stereocenters. The molecule has 0 spiro atoms. The second-order valence-corrected chi connectivity index (χ2v) is 5.52. The van der Waals surface area contributed by atoms with E-state index in [0.717, 1.165) is 25.1 Å². The van der Waals surface area contributed by atoms with Gasteiger partial charge in [-0.25, -0.2) is 9.97 Å². The van der Waals surface area contributed by atoms with Gasteiger partial charge in [0.2, 0.25) is 5.95 Å². The van der Waals surface area contributed by atoms with Crippen LogP contribution in [0.2, 0.25) is 0 Å². The van der Waals surface area contributed by atoms with Crippen LogP contribution in [0.15, 0.2) is 24.3 Å². The summed E-state index contributed by atoms with van der Waals surface area (Å²) in [5.41, 5.74) is 1.63. The van der Waals surface area contributed by atoms with Gasteiger partial charge in [0.05, 0.1) is 14.2 Å². The second-order valence-electron chi connectivity index (χ2n) is 5.52. The largest absolute Gasteiger partial charge is 0.493 e. The lowest BCUT2D eigenvalue weighted by Crippen LogP contribution is -2.16. The van der Waals surface area contributed by atoms with E-state index in [1.807, 2.05) is 6.92 Å². The second kappa shape index (κ2) is 8.86. The first-order chi connectivity index (χ1) is 12.1. The number of hydrogen-bond donors (Lipinski definition) is 2. The average Bonchev–Trinajstić information content (AvgIpc) is 2.61.